The topological polar surface area (TPSA) is 307 Å². The molecular weight excluding hydrogens is 1080 g/mol. The van der Waals surface area contributed by atoms with Crippen LogP contribution in [0.5, 0.6) is 0 Å². The van der Waals surface area contributed by atoms with Gasteiger partial charge in [0.1, 0.15) is 73.2 Å². The van der Waals surface area contributed by atoms with Gasteiger partial charge in [0.2, 0.25) is 5.91 Å². The molecule has 3 heterocycles. The third kappa shape index (κ3) is 29.8. The number of carbonyl (C=O) groups is 1. The highest BCUT2D eigenvalue weighted by atomic mass is 16.8. The van der Waals surface area contributed by atoms with E-state index in [4.69, 9.17) is 28.4 Å². The summed E-state index contributed by atoms with van der Waals surface area (Å²) in [6.07, 6.45) is 31.3. The van der Waals surface area contributed by atoms with E-state index in [9.17, 15) is 61.0 Å². The Balaban J connectivity index is 1.51. The number of rotatable bonds is 46. The van der Waals surface area contributed by atoms with Crippen molar-refractivity contribution in [3.63, 3.8) is 0 Å². The standard InChI is InChI=1S/C65H111NO18/c1-3-5-7-9-11-13-15-17-19-21-23-25-26-28-30-32-34-36-38-40-42-49(70)48(66-53(71)43-41-39-37-35-33-31-29-27-24-22-20-18-16-14-12-10-8-6-4-2)47-79-63-59(77)56(74)61(51(45-68)81-63)84-65-60(78)57(75)62(52(46-69)82-65)83-64-58(76)55(73)54(72)50(44-67)80-64/h6,8,12,14,18,20,24-27,32,34,40,42,48-52,54-65,67-70,72-78H,3-5,7,9-11,13,15-17,19,21-23,28-31,33,35-39,41,43-47H2,1-2H3,(H,66,71)/b8-6-,14-12-,20-18-,26-25+,27-24-,34-32+,42-40+. The van der Waals surface area contributed by atoms with Crippen molar-refractivity contribution in [2.45, 2.75) is 291 Å². The van der Waals surface area contributed by atoms with Crippen LogP contribution in [0.15, 0.2) is 85.1 Å². The third-order valence-electron chi connectivity index (χ3n) is 15.4. The molecule has 3 aliphatic rings. The predicted molar refractivity (Wildman–Crippen MR) is 323 cm³/mol. The van der Waals surface area contributed by atoms with Crippen molar-refractivity contribution in [2.75, 3.05) is 26.4 Å². The van der Waals surface area contributed by atoms with Gasteiger partial charge in [-0.25, -0.2) is 0 Å². The van der Waals surface area contributed by atoms with E-state index in [2.05, 4.69) is 92.1 Å². The van der Waals surface area contributed by atoms with Crippen LogP contribution in [0.2, 0.25) is 0 Å². The average Bonchev–Trinajstić information content (AvgIpc) is 2.79. The van der Waals surface area contributed by atoms with Crippen LogP contribution in [0.4, 0.5) is 0 Å². The summed E-state index contributed by atoms with van der Waals surface area (Å²) < 4.78 is 34.2. The normalized spacial score (nSPS) is 29.8. The Hall–Kier alpha value is -3.03. The largest absolute Gasteiger partial charge is 0.394 e. The zero-order chi connectivity index (χ0) is 61.2. The first kappa shape index (κ1) is 75.2. The van der Waals surface area contributed by atoms with Gasteiger partial charge in [-0.15, -0.1) is 0 Å². The molecular formula is C65H111NO18. The van der Waals surface area contributed by atoms with E-state index in [1.54, 1.807) is 6.08 Å². The molecule has 17 unspecified atom stereocenters. The van der Waals surface area contributed by atoms with E-state index >= 15 is 0 Å². The number of amides is 1. The first-order valence-corrected chi connectivity index (χ1v) is 31.8. The van der Waals surface area contributed by atoms with Gasteiger partial charge < -0.3 is 89.9 Å². The van der Waals surface area contributed by atoms with Crippen LogP contribution in [-0.4, -0.2) is 193 Å². The quantitative estimate of drug-likeness (QED) is 0.0221. The second kappa shape index (κ2) is 47.0. The van der Waals surface area contributed by atoms with Crippen LogP contribution < -0.4 is 5.32 Å². The summed E-state index contributed by atoms with van der Waals surface area (Å²) >= 11 is 0. The molecule has 19 heteroatoms. The molecule has 484 valence electrons. The summed E-state index contributed by atoms with van der Waals surface area (Å²) in [6.45, 7) is 1.56. The number of hydrogen-bond donors (Lipinski definition) is 12. The van der Waals surface area contributed by atoms with Crippen LogP contribution in [0.25, 0.3) is 0 Å². The second-order valence-corrected chi connectivity index (χ2v) is 22.5. The zero-order valence-corrected chi connectivity index (χ0v) is 50.6. The molecule has 3 aliphatic heterocycles. The molecule has 84 heavy (non-hydrogen) atoms. The fraction of sp³-hybridized carbons (Fsp3) is 0.769. The lowest BCUT2D eigenvalue weighted by atomic mass is 9.96. The van der Waals surface area contributed by atoms with Crippen molar-refractivity contribution in [1.29, 1.82) is 0 Å². The van der Waals surface area contributed by atoms with Crippen molar-refractivity contribution in [1.82, 2.24) is 5.32 Å². The molecule has 0 saturated carbocycles. The lowest BCUT2D eigenvalue weighted by molar-refractivity contribution is -0.379. The number of aliphatic hydroxyl groups is 11. The van der Waals surface area contributed by atoms with Gasteiger partial charge in [-0.3, -0.25) is 4.79 Å². The molecule has 0 bridgehead atoms. The summed E-state index contributed by atoms with van der Waals surface area (Å²) in [5.41, 5.74) is 0. The van der Waals surface area contributed by atoms with Crippen LogP contribution in [-0.2, 0) is 33.2 Å². The van der Waals surface area contributed by atoms with Gasteiger partial charge in [-0.05, 0) is 83.5 Å². The summed E-state index contributed by atoms with van der Waals surface area (Å²) in [7, 11) is 0. The monoisotopic (exact) mass is 1190 g/mol. The SMILES string of the molecule is CC/C=C\C/C=C\C/C=C\C/C=C\CCCCCCCCC(=O)NC(COC1OC(CO)C(OC2OC(CO)C(OC3OC(CO)C(O)C(O)C3O)C(O)C2O)C(O)C1O)C(O)/C=C/CC/C=C/CC/C=C/CCCCCCCCCCCC. The Bertz CT molecular complexity index is 1860. The van der Waals surface area contributed by atoms with Gasteiger partial charge in [-0.2, -0.15) is 0 Å². The first-order valence-electron chi connectivity index (χ1n) is 31.8. The van der Waals surface area contributed by atoms with E-state index in [1.165, 1.54) is 64.2 Å². The molecule has 12 N–H and O–H groups in total. The maximum absolute atomic E-state index is 13.4. The van der Waals surface area contributed by atoms with E-state index in [-0.39, 0.29) is 18.9 Å². The van der Waals surface area contributed by atoms with E-state index in [0.717, 1.165) is 89.9 Å². The van der Waals surface area contributed by atoms with E-state index in [1.807, 2.05) is 6.08 Å². The number of ether oxygens (including phenoxy) is 6. The summed E-state index contributed by atoms with van der Waals surface area (Å²) in [5.74, 6) is -0.307. The fourth-order valence-electron chi connectivity index (χ4n) is 10.2. The van der Waals surface area contributed by atoms with Gasteiger partial charge in [0, 0.05) is 6.42 Å². The molecule has 3 rings (SSSR count). The minimum atomic E-state index is -1.99. The molecule has 0 aliphatic carbocycles. The van der Waals surface area contributed by atoms with Gasteiger partial charge in [-0.1, -0.05) is 182 Å². The molecule has 3 saturated heterocycles. The Morgan fingerprint density at radius 1 is 0.440 bits per heavy atom. The zero-order valence-electron chi connectivity index (χ0n) is 50.6. The number of unbranched alkanes of at least 4 members (excludes halogenated alkanes) is 18. The Kier molecular flexibility index (Phi) is 42.1. The molecule has 0 radical (unpaired) electrons. The number of carbonyl (C=O) groups excluding carboxylic acids is 1. The van der Waals surface area contributed by atoms with Crippen LogP contribution in [0.1, 0.15) is 187 Å². The average molecular weight is 1190 g/mol. The van der Waals surface area contributed by atoms with Crippen molar-refractivity contribution in [2.24, 2.45) is 0 Å². The van der Waals surface area contributed by atoms with Gasteiger partial charge in [0.15, 0.2) is 18.9 Å². The maximum Gasteiger partial charge on any atom is 0.220 e. The van der Waals surface area contributed by atoms with Crippen LogP contribution in [0, 0.1) is 0 Å². The number of nitrogens with one attached hydrogen (secondary N) is 1. The number of allylic oxidation sites excluding steroid dienone is 13. The fourth-order valence-corrected chi connectivity index (χ4v) is 10.2. The predicted octanol–water partition coefficient (Wildman–Crippen LogP) is 6.76. The van der Waals surface area contributed by atoms with Crippen molar-refractivity contribution >= 4 is 5.91 Å². The number of hydrogen-bond acceptors (Lipinski definition) is 18. The maximum atomic E-state index is 13.4. The molecule has 0 spiro atoms. The Labute approximate surface area is 501 Å². The second-order valence-electron chi connectivity index (χ2n) is 22.5. The molecule has 0 aromatic heterocycles. The first-order chi connectivity index (χ1) is 40.8. The third-order valence-corrected chi connectivity index (χ3v) is 15.4. The van der Waals surface area contributed by atoms with Crippen LogP contribution >= 0.6 is 0 Å². The van der Waals surface area contributed by atoms with E-state index in [0.29, 0.717) is 12.8 Å². The lowest BCUT2D eigenvalue weighted by Crippen LogP contribution is -2.66. The van der Waals surface area contributed by atoms with Crippen molar-refractivity contribution in [3.8, 4) is 0 Å². The Morgan fingerprint density at radius 3 is 1.33 bits per heavy atom. The molecule has 0 aromatic rings. The molecule has 3 fully saturated rings. The van der Waals surface area contributed by atoms with Gasteiger partial charge >= 0.3 is 0 Å². The minimum Gasteiger partial charge on any atom is -0.394 e. The van der Waals surface area contributed by atoms with Crippen LogP contribution in [0.3, 0.4) is 0 Å². The van der Waals surface area contributed by atoms with Gasteiger partial charge in [0.05, 0.1) is 38.6 Å². The Morgan fingerprint density at radius 2 is 0.833 bits per heavy atom. The molecule has 17 atom stereocenters. The number of aliphatic hydroxyl groups excluding tert-OH is 11. The minimum absolute atomic E-state index is 0.211. The highest BCUT2D eigenvalue weighted by molar-refractivity contribution is 5.76. The lowest BCUT2D eigenvalue weighted by Gasteiger charge is -2.48. The smallest absolute Gasteiger partial charge is 0.220 e. The summed E-state index contributed by atoms with van der Waals surface area (Å²) in [6, 6.07) is -1.01. The van der Waals surface area contributed by atoms with Crippen molar-refractivity contribution < 1.29 is 89.4 Å². The highest BCUT2D eigenvalue weighted by Crippen LogP contribution is 2.33. The van der Waals surface area contributed by atoms with Gasteiger partial charge in [0.25, 0.3) is 0 Å². The summed E-state index contributed by atoms with van der Waals surface area (Å²) in [4.78, 5) is 13.4. The van der Waals surface area contributed by atoms with E-state index < -0.39 is 124 Å². The van der Waals surface area contributed by atoms with Crippen molar-refractivity contribution in [3.05, 3.63) is 85.1 Å². The molecule has 19 nitrogen and oxygen atoms in total. The highest BCUT2D eigenvalue weighted by Gasteiger charge is 2.53. The molecule has 1 amide bonds. The molecule has 0 aromatic carbocycles. The summed E-state index contributed by atoms with van der Waals surface area (Å²) in [5, 5.41) is 120.